The van der Waals surface area contributed by atoms with Crippen molar-refractivity contribution in [1.29, 1.82) is 0 Å². The van der Waals surface area contributed by atoms with Crippen molar-refractivity contribution < 1.29 is 5.11 Å². The Kier molecular flexibility index (Phi) is 4.61. The lowest BCUT2D eigenvalue weighted by atomic mass is 9.95. The minimum atomic E-state index is -0.292. The fraction of sp³-hybridized carbons (Fsp3) is 0.636. The van der Waals surface area contributed by atoms with Crippen molar-refractivity contribution in [2.45, 2.75) is 39.7 Å². The second-order valence-corrected chi connectivity index (χ2v) is 6.03. The Morgan fingerprint density at radius 2 is 2.00 bits per heavy atom. The molecule has 3 heteroatoms. The minimum Gasteiger partial charge on any atom is -0.387 e. The van der Waals surface area contributed by atoms with E-state index in [1.165, 1.54) is 5.56 Å². The number of halogens is 1. The van der Waals surface area contributed by atoms with Gasteiger partial charge in [-0.2, -0.15) is 0 Å². The third-order valence-electron chi connectivity index (χ3n) is 2.66. The van der Waals surface area contributed by atoms with Crippen molar-refractivity contribution in [3.8, 4) is 0 Å². The number of hydrogen-bond acceptors (Lipinski definition) is 2. The van der Waals surface area contributed by atoms with Crippen LogP contribution in [0.5, 0.6) is 0 Å². The van der Waals surface area contributed by atoms with E-state index in [2.05, 4.69) is 42.8 Å². The summed E-state index contributed by atoms with van der Waals surface area (Å²) < 4.78 is 1.14. The second kappa shape index (κ2) is 5.29. The molecule has 0 aliphatic rings. The molecule has 0 aliphatic carbocycles. The van der Waals surface area contributed by atoms with Crippen LogP contribution in [0.4, 0.5) is 0 Å². The average Bonchev–Trinajstić information content (AvgIpc) is 2.49. The highest BCUT2D eigenvalue weighted by Crippen LogP contribution is 2.36. The van der Waals surface area contributed by atoms with E-state index in [1.54, 1.807) is 11.3 Å². The van der Waals surface area contributed by atoms with Crippen LogP contribution in [0.3, 0.4) is 0 Å². The van der Waals surface area contributed by atoms with E-state index in [9.17, 15) is 5.11 Å². The molecule has 0 radical (unpaired) electrons. The van der Waals surface area contributed by atoms with Gasteiger partial charge in [0.1, 0.15) is 0 Å². The predicted octanol–water partition coefficient (Wildman–Crippen LogP) is 4.29. The molecule has 1 heterocycles. The monoisotopic (exact) mass is 276 g/mol. The summed E-state index contributed by atoms with van der Waals surface area (Å²) in [5, 5.41) is 10.1. The lowest BCUT2D eigenvalue weighted by Gasteiger charge is -2.18. The Bertz CT molecular complexity index is 272. The average molecular weight is 277 g/mol. The smallest absolute Gasteiger partial charge is 0.0910 e. The molecule has 0 bridgehead atoms. The Labute approximate surface area is 98.3 Å². The predicted molar refractivity (Wildman–Crippen MR) is 65.8 cm³/mol. The standard InChI is InChI=1S/C11H17BrOS/c1-4-8(5-2)10(13)9-6-7(3)11(12)14-9/h6,8,10,13H,4-5H2,1-3H3. The van der Waals surface area contributed by atoms with Crippen LogP contribution in [0, 0.1) is 12.8 Å². The molecule has 1 unspecified atom stereocenters. The van der Waals surface area contributed by atoms with Gasteiger partial charge >= 0.3 is 0 Å². The van der Waals surface area contributed by atoms with E-state index in [1.807, 2.05) is 0 Å². The van der Waals surface area contributed by atoms with Crippen molar-refractivity contribution in [1.82, 2.24) is 0 Å². The molecular weight excluding hydrogens is 260 g/mol. The summed E-state index contributed by atoms with van der Waals surface area (Å²) in [4.78, 5) is 1.09. The summed E-state index contributed by atoms with van der Waals surface area (Å²) in [5.74, 6) is 0.389. The quantitative estimate of drug-likeness (QED) is 0.870. The van der Waals surface area contributed by atoms with Crippen LogP contribution in [-0.4, -0.2) is 5.11 Å². The summed E-state index contributed by atoms with van der Waals surface area (Å²) >= 11 is 5.13. The molecule has 0 saturated carbocycles. The molecular formula is C11H17BrOS. The molecule has 0 aromatic carbocycles. The Morgan fingerprint density at radius 1 is 1.43 bits per heavy atom. The Morgan fingerprint density at radius 3 is 2.36 bits per heavy atom. The van der Waals surface area contributed by atoms with Gasteiger partial charge in [0.15, 0.2) is 0 Å². The van der Waals surface area contributed by atoms with Gasteiger partial charge in [-0.15, -0.1) is 11.3 Å². The normalized spacial score (nSPS) is 13.6. The van der Waals surface area contributed by atoms with E-state index >= 15 is 0 Å². The minimum absolute atomic E-state index is 0.292. The largest absolute Gasteiger partial charge is 0.387 e. The van der Waals surface area contributed by atoms with Gasteiger partial charge in [-0.1, -0.05) is 26.7 Å². The van der Waals surface area contributed by atoms with Gasteiger partial charge in [-0.25, -0.2) is 0 Å². The molecule has 1 nitrogen and oxygen atoms in total. The summed E-state index contributed by atoms with van der Waals surface area (Å²) in [6.45, 7) is 6.32. The van der Waals surface area contributed by atoms with Gasteiger partial charge in [0.25, 0.3) is 0 Å². The van der Waals surface area contributed by atoms with Gasteiger partial charge in [0.05, 0.1) is 9.89 Å². The molecule has 0 spiro atoms. The number of aliphatic hydroxyl groups excluding tert-OH is 1. The molecule has 0 saturated heterocycles. The first-order valence-electron chi connectivity index (χ1n) is 5.04. The number of aryl methyl sites for hydroxylation is 1. The van der Waals surface area contributed by atoms with E-state index in [4.69, 9.17) is 0 Å². The number of rotatable bonds is 4. The zero-order chi connectivity index (χ0) is 10.7. The maximum atomic E-state index is 10.1. The lowest BCUT2D eigenvalue weighted by Crippen LogP contribution is -2.09. The van der Waals surface area contributed by atoms with Crippen molar-refractivity contribution >= 4 is 27.3 Å². The fourth-order valence-corrected chi connectivity index (χ4v) is 3.25. The molecule has 14 heavy (non-hydrogen) atoms. The number of hydrogen-bond donors (Lipinski definition) is 1. The van der Waals surface area contributed by atoms with Crippen LogP contribution in [0.25, 0.3) is 0 Å². The lowest BCUT2D eigenvalue weighted by molar-refractivity contribution is 0.107. The van der Waals surface area contributed by atoms with Crippen molar-refractivity contribution in [3.05, 3.63) is 20.3 Å². The SMILES string of the molecule is CCC(CC)C(O)c1cc(C)c(Br)s1. The van der Waals surface area contributed by atoms with E-state index in [0.29, 0.717) is 5.92 Å². The van der Waals surface area contributed by atoms with Crippen molar-refractivity contribution in [3.63, 3.8) is 0 Å². The molecule has 1 aromatic heterocycles. The summed E-state index contributed by atoms with van der Waals surface area (Å²) in [5.41, 5.74) is 1.22. The Balaban J connectivity index is 2.82. The maximum absolute atomic E-state index is 10.1. The van der Waals surface area contributed by atoms with Gasteiger partial charge in [0, 0.05) is 4.88 Å². The van der Waals surface area contributed by atoms with Crippen LogP contribution < -0.4 is 0 Å². The first-order valence-corrected chi connectivity index (χ1v) is 6.64. The number of aliphatic hydroxyl groups is 1. The van der Waals surface area contributed by atoms with E-state index in [0.717, 1.165) is 21.5 Å². The number of thiophene rings is 1. The summed E-state index contributed by atoms with van der Waals surface area (Å²) in [7, 11) is 0. The van der Waals surface area contributed by atoms with E-state index in [-0.39, 0.29) is 6.10 Å². The van der Waals surface area contributed by atoms with Crippen LogP contribution in [0.2, 0.25) is 0 Å². The molecule has 0 amide bonds. The van der Waals surface area contributed by atoms with Crippen LogP contribution in [-0.2, 0) is 0 Å². The van der Waals surface area contributed by atoms with Gasteiger partial charge < -0.3 is 5.11 Å². The summed E-state index contributed by atoms with van der Waals surface area (Å²) in [6, 6.07) is 2.08. The van der Waals surface area contributed by atoms with Gasteiger partial charge in [-0.3, -0.25) is 0 Å². The summed E-state index contributed by atoms with van der Waals surface area (Å²) in [6.07, 6.45) is 1.78. The van der Waals surface area contributed by atoms with Crippen LogP contribution in [0.1, 0.15) is 43.2 Å². The Hall–Kier alpha value is 0.140. The highest BCUT2D eigenvalue weighted by atomic mass is 79.9. The first kappa shape index (κ1) is 12.2. The molecule has 80 valence electrons. The molecule has 1 N–H and O–H groups in total. The van der Waals surface area contributed by atoms with Crippen molar-refractivity contribution in [2.24, 2.45) is 5.92 Å². The molecule has 1 aromatic rings. The molecule has 1 atom stereocenters. The topological polar surface area (TPSA) is 20.2 Å². The zero-order valence-corrected chi connectivity index (χ0v) is 11.3. The maximum Gasteiger partial charge on any atom is 0.0910 e. The van der Waals surface area contributed by atoms with Crippen LogP contribution >= 0.6 is 27.3 Å². The first-order chi connectivity index (χ1) is 6.60. The van der Waals surface area contributed by atoms with Crippen LogP contribution in [0.15, 0.2) is 9.85 Å². The highest BCUT2D eigenvalue weighted by Gasteiger charge is 2.19. The fourth-order valence-electron chi connectivity index (χ4n) is 1.60. The van der Waals surface area contributed by atoms with Crippen molar-refractivity contribution in [2.75, 3.05) is 0 Å². The molecule has 0 fully saturated rings. The third-order valence-corrected chi connectivity index (χ3v) is 4.87. The second-order valence-electron chi connectivity index (χ2n) is 3.63. The van der Waals surface area contributed by atoms with E-state index < -0.39 is 0 Å². The molecule has 0 aliphatic heterocycles. The third kappa shape index (κ3) is 2.59. The van der Waals surface area contributed by atoms with Gasteiger partial charge in [0.2, 0.25) is 0 Å². The van der Waals surface area contributed by atoms with Gasteiger partial charge in [-0.05, 0) is 40.4 Å². The zero-order valence-electron chi connectivity index (χ0n) is 8.88. The molecule has 1 rings (SSSR count). The highest BCUT2D eigenvalue weighted by molar-refractivity contribution is 9.11.